The van der Waals surface area contributed by atoms with Crippen LogP contribution >= 0.6 is 27.5 Å². The van der Waals surface area contributed by atoms with Gasteiger partial charge in [-0.05, 0) is 48.9 Å². The second-order valence-corrected chi connectivity index (χ2v) is 6.51. The molecule has 98 valence electrons. The summed E-state index contributed by atoms with van der Waals surface area (Å²) in [5.74, 6) is 0.794. The Hall–Kier alpha value is -0.0900. The van der Waals surface area contributed by atoms with Crippen molar-refractivity contribution in [3.8, 4) is 0 Å². The molecular weight excluding hydrogens is 314 g/mol. The Morgan fingerprint density at radius 3 is 2.94 bits per heavy atom. The van der Waals surface area contributed by atoms with Gasteiger partial charge in [-0.15, -0.1) is 0 Å². The Labute approximate surface area is 121 Å². The van der Waals surface area contributed by atoms with Gasteiger partial charge >= 0.3 is 0 Å². The molecule has 1 aliphatic carbocycles. The zero-order valence-electron chi connectivity index (χ0n) is 10.2. The number of hydrogen-bond acceptors (Lipinski definition) is 2. The van der Waals surface area contributed by atoms with E-state index in [2.05, 4.69) is 27.3 Å². The molecule has 1 aromatic rings. The number of ether oxygens (including phenoxy) is 1. The standard InChI is InChI=1S/C14H17BrClNO/c15-11-3-4-12(16)10(7-11)8-17-13-5-6-18-14(13)9-1-2-9/h3-4,7,9,13-14,17H,1-2,5-6,8H2. The molecule has 1 aliphatic heterocycles. The highest BCUT2D eigenvalue weighted by Gasteiger charge is 2.40. The van der Waals surface area contributed by atoms with Crippen molar-refractivity contribution in [1.82, 2.24) is 5.32 Å². The third-order valence-electron chi connectivity index (χ3n) is 3.78. The normalized spacial score (nSPS) is 27.7. The van der Waals surface area contributed by atoms with Gasteiger partial charge in [0.15, 0.2) is 0 Å². The molecule has 2 unspecified atom stereocenters. The summed E-state index contributed by atoms with van der Waals surface area (Å²) in [7, 11) is 0. The van der Waals surface area contributed by atoms with Crippen molar-refractivity contribution in [2.24, 2.45) is 5.92 Å². The fourth-order valence-electron chi connectivity index (χ4n) is 2.64. The summed E-state index contributed by atoms with van der Waals surface area (Å²) in [5.41, 5.74) is 1.15. The van der Waals surface area contributed by atoms with Crippen molar-refractivity contribution in [3.63, 3.8) is 0 Å². The predicted molar refractivity (Wildman–Crippen MR) is 76.9 cm³/mol. The quantitative estimate of drug-likeness (QED) is 0.907. The first-order valence-corrected chi connectivity index (χ1v) is 7.70. The minimum Gasteiger partial charge on any atom is -0.376 e. The molecular formula is C14H17BrClNO. The molecule has 0 spiro atoms. The van der Waals surface area contributed by atoms with Crippen LogP contribution < -0.4 is 5.32 Å². The zero-order chi connectivity index (χ0) is 12.5. The zero-order valence-corrected chi connectivity index (χ0v) is 12.5. The van der Waals surface area contributed by atoms with Gasteiger partial charge in [0.1, 0.15) is 0 Å². The Balaban J connectivity index is 1.61. The molecule has 4 heteroatoms. The van der Waals surface area contributed by atoms with E-state index in [9.17, 15) is 0 Å². The minimum atomic E-state index is 0.427. The molecule has 2 atom stereocenters. The number of benzene rings is 1. The lowest BCUT2D eigenvalue weighted by Gasteiger charge is -2.20. The van der Waals surface area contributed by atoms with E-state index in [1.54, 1.807) is 0 Å². The molecule has 3 rings (SSSR count). The number of nitrogens with one attached hydrogen (secondary N) is 1. The average molecular weight is 331 g/mol. The SMILES string of the molecule is Clc1ccc(Br)cc1CNC1CCOC1C1CC1. The molecule has 1 aromatic carbocycles. The van der Waals surface area contributed by atoms with Gasteiger partial charge in [-0.3, -0.25) is 0 Å². The summed E-state index contributed by atoms with van der Waals surface area (Å²) in [6.07, 6.45) is 4.21. The summed E-state index contributed by atoms with van der Waals surface area (Å²) in [6.45, 7) is 1.71. The highest BCUT2D eigenvalue weighted by Crippen LogP contribution is 2.38. The van der Waals surface area contributed by atoms with E-state index < -0.39 is 0 Å². The maximum atomic E-state index is 6.20. The number of rotatable bonds is 4. The van der Waals surface area contributed by atoms with E-state index in [1.165, 1.54) is 12.8 Å². The number of hydrogen-bond donors (Lipinski definition) is 1. The molecule has 2 aliphatic rings. The molecule has 2 nitrogen and oxygen atoms in total. The predicted octanol–water partition coefficient (Wildman–Crippen LogP) is 3.76. The van der Waals surface area contributed by atoms with Crippen LogP contribution in [0.3, 0.4) is 0 Å². The topological polar surface area (TPSA) is 21.3 Å². The molecule has 2 fully saturated rings. The van der Waals surface area contributed by atoms with Crippen LogP contribution in [0.1, 0.15) is 24.8 Å². The maximum Gasteiger partial charge on any atom is 0.0757 e. The Bertz CT molecular complexity index is 436. The van der Waals surface area contributed by atoms with Crippen molar-refractivity contribution < 1.29 is 4.74 Å². The second kappa shape index (κ2) is 5.49. The fraction of sp³-hybridized carbons (Fsp3) is 0.571. The van der Waals surface area contributed by atoms with Crippen LogP contribution in [0.2, 0.25) is 5.02 Å². The maximum absolute atomic E-state index is 6.20. The molecule has 1 saturated carbocycles. The van der Waals surface area contributed by atoms with Crippen molar-refractivity contribution in [1.29, 1.82) is 0 Å². The lowest BCUT2D eigenvalue weighted by molar-refractivity contribution is 0.0809. The first kappa shape index (κ1) is 12.9. The van der Waals surface area contributed by atoms with Crippen LogP contribution in [0.5, 0.6) is 0 Å². The molecule has 0 amide bonds. The summed E-state index contributed by atoms with van der Waals surface area (Å²) >= 11 is 9.68. The third kappa shape index (κ3) is 2.90. The molecule has 1 N–H and O–H groups in total. The van der Waals surface area contributed by atoms with Crippen molar-refractivity contribution >= 4 is 27.5 Å². The van der Waals surface area contributed by atoms with Gasteiger partial charge < -0.3 is 10.1 Å². The third-order valence-corrected chi connectivity index (χ3v) is 4.65. The minimum absolute atomic E-state index is 0.427. The van der Waals surface area contributed by atoms with Crippen LogP contribution in [0.4, 0.5) is 0 Å². The first-order valence-electron chi connectivity index (χ1n) is 6.53. The monoisotopic (exact) mass is 329 g/mol. The average Bonchev–Trinajstić information content (AvgIpc) is 3.10. The van der Waals surface area contributed by atoms with Crippen molar-refractivity contribution in [2.75, 3.05) is 6.61 Å². The second-order valence-electron chi connectivity index (χ2n) is 5.18. The van der Waals surface area contributed by atoms with Gasteiger partial charge in [0, 0.05) is 28.7 Å². The largest absolute Gasteiger partial charge is 0.376 e. The van der Waals surface area contributed by atoms with E-state index >= 15 is 0 Å². The van der Waals surface area contributed by atoms with Gasteiger partial charge in [-0.1, -0.05) is 27.5 Å². The molecule has 1 saturated heterocycles. The van der Waals surface area contributed by atoms with Gasteiger partial charge in [-0.25, -0.2) is 0 Å². The molecule has 0 aromatic heterocycles. The van der Waals surface area contributed by atoms with E-state index in [0.717, 1.165) is 40.5 Å². The Kier molecular flexibility index (Phi) is 3.94. The summed E-state index contributed by atoms with van der Waals surface area (Å²) < 4.78 is 6.90. The van der Waals surface area contributed by atoms with Crippen LogP contribution in [-0.2, 0) is 11.3 Å². The van der Waals surface area contributed by atoms with Crippen LogP contribution in [0.15, 0.2) is 22.7 Å². The summed E-state index contributed by atoms with van der Waals surface area (Å²) in [6, 6.07) is 6.48. The lowest BCUT2D eigenvalue weighted by atomic mass is 10.1. The lowest BCUT2D eigenvalue weighted by Crippen LogP contribution is -2.37. The Morgan fingerprint density at radius 1 is 1.33 bits per heavy atom. The van der Waals surface area contributed by atoms with E-state index in [4.69, 9.17) is 16.3 Å². The summed E-state index contributed by atoms with van der Waals surface area (Å²) in [5, 5.41) is 4.43. The molecule has 0 radical (unpaired) electrons. The molecule has 0 bridgehead atoms. The van der Waals surface area contributed by atoms with E-state index in [1.807, 2.05) is 12.1 Å². The highest BCUT2D eigenvalue weighted by molar-refractivity contribution is 9.10. The van der Waals surface area contributed by atoms with Crippen molar-refractivity contribution in [2.45, 2.75) is 38.0 Å². The molecule has 18 heavy (non-hydrogen) atoms. The molecule has 1 heterocycles. The van der Waals surface area contributed by atoms with Crippen LogP contribution in [-0.4, -0.2) is 18.8 Å². The van der Waals surface area contributed by atoms with Crippen molar-refractivity contribution in [3.05, 3.63) is 33.3 Å². The smallest absolute Gasteiger partial charge is 0.0757 e. The van der Waals surface area contributed by atoms with Gasteiger partial charge in [0.2, 0.25) is 0 Å². The number of halogens is 2. The fourth-order valence-corrected chi connectivity index (χ4v) is 3.23. The summed E-state index contributed by atoms with van der Waals surface area (Å²) in [4.78, 5) is 0. The first-order chi connectivity index (χ1) is 8.74. The van der Waals surface area contributed by atoms with Crippen LogP contribution in [0.25, 0.3) is 0 Å². The highest BCUT2D eigenvalue weighted by atomic mass is 79.9. The van der Waals surface area contributed by atoms with Gasteiger partial charge in [-0.2, -0.15) is 0 Å². The van der Waals surface area contributed by atoms with E-state index in [0.29, 0.717) is 12.1 Å². The van der Waals surface area contributed by atoms with Gasteiger partial charge in [0.25, 0.3) is 0 Å². The van der Waals surface area contributed by atoms with Gasteiger partial charge in [0.05, 0.1) is 6.10 Å². The van der Waals surface area contributed by atoms with Crippen LogP contribution in [0, 0.1) is 5.92 Å². The van der Waals surface area contributed by atoms with E-state index in [-0.39, 0.29) is 0 Å². The Morgan fingerprint density at radius 2 is 2.17 bits per heavy atom.